The maximum atomic E-state index is 12.0. The van der Waals surface area contributed by atoms with Crippen LogP contribution in [0.1, 0.15) is 5.56 Å². The number of nitrogens with one attached hydrogen (secondary N) is 3. The summed E-state index contributed by atoms with van der Waals surface area (Å²) in [5, 5.41) is 9.07. The molecular weight excluding hydrogens is 356 g/mol. The lowest BCUT2D eigenvalue weighted by Gasteiger charge is -2.27. The molecule has 2 aromatic rings. The molecule has 0 saturated heterocycles. The molecule has 148 valence electrons. The zero-order valence-electron chi connectivity index (χ0n) is 16.0. The van der Waals surface area contributed by atoms with Crippen molar-refractivity contribution in [3.05, 3.63) is 60.2 Å². The fraction of sp³-hybridized carbons (Fsp3) is 0.333. The molecule has 0 spiro atoms. The van der Waals surface area contributed by atoms with Crippen LogP contribution in [-0.2, 0) is 11.2 Å². The molecule has 0 aromatic heterocycles. The summed E-state index contributed by atoms with van der Waals surface area (Å²) in [5.41, 5.74) is 1.20. The molecule has 7 nitrogen and oxygen atoms in total. The van der Waals surface area contributed by atoms with Gasteiger partial charge in [-0.2, -0.15) is 0 Å². The largest absolute Gasteiger partial charge is 0.486 e. The third-order valence-corrected chi connectivity index (χ3v) is 4.28. The number of ether oxygens (including phenoxy) is 2. The van der Waals surface area contributed by atoms with Crippen molar-refractivity contribution in [1.82, 2.24) is 16.0 Å². The average Bonchev–Trinajstić information content (AvgIpc) is 2.74. The van der Waals surface area contributed by atoms with Crippen LogP contribution in [0, 0.1) is 0 Å². The number of hydrogen-bond donors (Lipinski definition) is 3. The highest BCUT2D eigenvalue weighted by Gasteiger charge is 2.20. The Morgan fingerprint density at radius 1 is 1.04 bits per heavy atom. The molecule has 2 aromatic carbocycles. The van der Waals surface area contributed by atoms with Crippen LogP contribution in [0.5, 0.6) is 11.5 Å². The fourth-order valence-corrected chi connectivity index (χ4v) is 2.81. The van der Waals surface area contributed by atoms with Crippen LogP contribution < -0.4 is 25.4 Å². The second kappa shape index (κ2) is 10.2. The van der Waals surface area contributed by atoms with E-state index in [0.717, 1.165) is 17.9 Å². The Labute approximate surface area is 165 Å². The topological polar surface area (TPSA) is 84.0 Å². The predicted octanol–water partition coefficient (Wildman–Crippen LogP) is 1.35. The third kappa shape index (κ3) is 5.90. The maximum Gasteiger partial charge on any atom is 0.239 e. The number of hydrogen-bond acceptors (Lipinski definition) is 4. The van der Waals surface area contributed by atoms with Gasteiger partial charge in [0.2, 0.25) is 5.91 Å². The summed E-state index contributed by atoms with van der Waals surface area (Å²) in [5.74, 6) is 1.96. The molecule has 1 aliphatic heterocycles. The van der Waals surface area contributed by atoms with Gasteiger partial charge in [0.15, 0.2) is 17.5 Å². The number of para-hydroxylation sites is 2. The predicted molar refractivity (Wildman–Crippen MR) is 109 cm³/mol. The van der Waals surface area contributed by atoms with E-state index in [1.165, 1.54) is 5.56 Å². The molecule has 1 aliphatic rings. The van der Waals surface area contributed by atoms with Crippen LogP contribution >= 0.6 is 0 Å². The highest BCUT2D eigenvalue weighted by molar-refractivity contribution is 5.86. The van der Waals surface area contributed by atoms with Gasteiger partial charge in [0, 0.05) is 13.6 Å². The zero-order valence-corrected chi connectivity index (χ0v) is 16.0. The van der Waals surface area contributed by atoms with Crippen molar-refractivity contribution in [3.8, 4) is 11.5 Å². The lowest BCUT2D eigenvalue weighted by Crippen LogP contribution is -2.47. The molecule has 3 N–H and O–H groups in total. The van der Waals surface area contributed by atoms with E-state index in [0.29, 0.717) is 25.7 Å². The summed E-state index contributed by atoms with van der Waals surface area (Å²) in [4.78, 5) is 16.1. The molecule has 0 saturated carbocycles. The van der Waals surface area contributed by atoms with Crippen LogP contribution in [0.25, 0.3) is 0 Å². The van der Waals surface area contributed by atoms with Gasteiger partial charge in [0.1, 0.15) is 12.7 Å². The van der Waals surface area contributed by atoms with Gasteiger partial charge in [-0.05, 0) is 24.1 Å². The first kappa shape index (κ1) is 19.5. The van der Waals surface area contributed by atoms with Gasteiger partial charge in [-0.25, -0.2) is 0 Å². The Bertz CT molecular complexity index is 795. The number of nitrogens with zero attached hydrogens (tertiary/aromatic N) is 1. The minimum absolute atomic E-state index is 0.0786. The summed E-state index contributed by atoms with van der Waals surface area (Å²) in [6, 6.07) is 17.7. The zero-order chi connectivity index (χ0) is 19.6. The summed E-state index contributed by atoms with van der Waals surface area (Å²) >= 11 is 0. The summed E-state index contributed by atoms with van der Waals surface area (Å²) in [6.07, 6.45) is 0.674. The van der Waals surface area contributed by atoms with E-state index in [-0.39, 0.29) is 18.6 Å². The second-order valence-electron chi connectivity index (χ2n) is 6.39. The second-order valence-corrected chi connectivity index (χ2v) is 6.39. The Morgan fingerprint density at radius 3 is 2.57 bits per heavy atom. The summed E-state index contributed by atoms with van der Waals surface area (Å²) in [7, 11) is 1.66. The van der Waals surface area contributed by atoms with Crippen LogP contribution in [0.2, 0.25) is 0 Å². The van der Waals surface area contributed by atoms with E-state index in [9.17, 15) is 4.79 Å². The van der Waals surface area contributed by atoms with Crippen molar-refractivity contribution < 1.29 is 14.3 Å². The lowest BCUT2D eigenvalue weighted by atomic mass is 10.1. The van der Waals surface area contributed by atoms with E-state index in [4.69, 9.17) is 9.47 Å². The smallest absolute Gasteiger partial charge is 0.239 e. The van der Waals surface area contributed by atoms with Crippen molar-refractivity contribution in [2.45, 2.75) is 12.5 Å². The van der Waals surface area contributed by atoms with E-state index in [2.05, 4.69) is 20.9 Å². The van der Waals surface area contributed by atoms with Gasteiger partial charge in [0.05, 0.1) is 13.1 Å². The SMILES string of the molecule is CN=C(NCC(=O)NCCc1ccccc1)NCC1COc2ccccc2O1. The van der Waals surface area contributed by atoms with Gasteiger partial charge in [-0.15, -0.1) is 0 Å². The minimum Gasteiger partial charge on any atom is -0.486 e. The molecule has 7 heteroatoms. The number of guanidine groups is 1. The Morgan fingerprint density at radius 2 is 1.79 bits per heavy atom. The molecule has 1 heterocycles. The standard InChI is InChI=1S/C21H26N4O3/c1-22-21(24-13-17-15-27-18-9-5-6-10-19(18)28-17)25-14-20(26)23-12-11-16-7-3-2-4-8-16/h2-10,17H,11-15H2,1H3,(H,23,26)(H2,22,24,25). The number of carbonyl (C=O) groups excluding carboxylic acids is 1. The van der Waals surface area contributed by atoms with Crippen molar-refractivity contribution in [1.29, 1.82) is 0 Å². The van der Waals surface area contributed by atoms with E-state index >= 15 is 0 Å². The van der Waals surface area contributed by atoms with Gasteiger partial charge < -0.3 is 25.4 Å². The molecule has 1 amide bonds. The molecule has 28 heavy (non-hydrogen) atoms. The highest BCUT2D eigenvalue weighted by Crippen LogP contribution is 2.30. The Balaban J connectivity index is 1.34. The molecule has 0 bridgehead atoms. The Hall–Kier alpha value is -3.22. The molecule has 0 aliphatic carbocycles. The van der Waals surface area contributed by atoms with Gasteiger partial charge in [-0.1, -0.05) is 42.5 Å². The van der Waals surface area contributed by atoms with Gasteiger partial charge >= 0.3 is 0 Å². The first-order valence-electron chi connectivity index (χ1n) is 9.38. The van der Waals surface area contributed by atoms with E-state index < -0.39 is 0 Å². The monoisotopic (exact) mass is 382 g/mol. The van der Waals surface area contributed by atoms with Crippen LogP contribution in [0.15, 0.2) is 59.6 Å². The van der Waals surface area contributed by atoms with Crippen molar-refractivity contribution >= 4 is 11.9 Å². The molecule has 0 radical (unpaired) electrons. The van der Waals surface area contributed by atoms with E-state index in [1.54, 1.807) is 7.05 Å². The molecule has 0 fully saturated rings. The summed E-state index contributed by atoms with van der Waals surface area (Å²) in [6.45, 7) is 1.73. The van der Waals surface area contributed by atoms with E-state index in [1.807, 2.05) is 54.6 Å². The number of carbonyl (C=O) groups is 1. The molecule has 1 unspecified atom stereocenters. The molecule has 3 rings (SSSR count). The molecule has 1 atom stereocenters. The number of aliphatic imine (C=N–C) groups is 1. The van der Waals surface area contributed by atoms with Crippen molar-refractivity contribution in [2.75, 3.05) is 33.3 Å². The number of benzene rings is 2. The maximum absolute atomic E-state index is 12.0. The minimum atomic E-state index is -0.131. The number of fused-ring (bicyclic) bond motifs is 1. The van der Waals surface area contributed by atoms with Crippen molar-refractivity contribution in [3.63, 3.8) is 0 Å². The number of amides is 1. The van der Waals surface area contributed by atoms with Gasteiger partial charge in [0.25, 0.3) is 0 Å². The van der Waals surface area contributed by atoms with Crippen LogP contribution in [0.3, 0.4) is 0 Å². The normalized spacial score (nSPS) is 15.6. The Kier molecular flexibility index (Phi) is 7.12. The highest BCUT2D eigenvalue weighted by atomic mass is 16.6. The van der Waals surface area contributed by atoms with Crippen LogP contribution in [0.4, 0.5) is 0 Å². The van der Waals surface area contributed by atoms with Crippen LogP contribution in [-0.4, -0.2) is 51.3 Å². The quantitative estimate of drug-likeness (QED) is 0.497. The first-order chi connectivity index (χ1) is 13.7. The average molecular weight is 382 g/mol. The lowest BCUT2D eigenvalue weighted by molar-refractivity contribution is -0.119. The third-order valence-electron chi connectivity index (χ3n) is 4.28. The summed E-state index contributed by atoms with van der Waals surface area (Å²) < 4.78 is 11.6. The first-order valence-corrected chi connectivity index (χ1v) is 9.38. The number of rotatable bonds is 7. The van der Waals surface area contributed by atoms with Gasteiger partial charge in [-0.3, -0.25) is 9.79 Å². The molecular formula is C21H26N4O3. The van der Waals surface area contributed by atoms with Crippen molar-refractivity contribution in [2.24, 2.45) is 4.99 Å². The fourth-order valence-electron chi connectivity index (χ4n) is 2.81.